The zero-order chi connectivity index (χ0) is 17.6. The Hall–Kier alpha value is -1.76. The van der Waals surface area contributed by atoms with Crippen LogP contribution in [0.4, 0.5) is 5.69 Å². The lowest BCUT2D eigenvalue weighted by Gasteiger charge is -2.15. The molecule has 1 atom stereocenters. The standard InChI is InChI=1S/C18H21ClN2O3S/c1-22-16-6-4-14(10-18(16)23-2)25-21-12-3-5-15(19)17(9-12)24-13-7-8-20-11-13/h3-6,9-10,13,20-21H,7-8,11H2,1-2H3. The van der Waals surface area contributed by atoms with E-state index in [1.54, 1.807) is 14.2 Å². The molecule has 1 aliphatic heterocycles. The molecule has 2 aromatic rings. The third kappa shape index (κ3) is 4.66. The number of methoxy groups -OCH3 is 2. The molecule has 3 rings (SSSR count). The van der Waals surface area contributed by atoms with Crippen molar-refractivity contribution in [3.05, 3.63) is 41.4 Å². The lowest BCUT2D eigenvalue weighted by Crippen LogP contribution is -2.19. The van der Waals surface area contributed by atoms with Gasteiger partial charge in [-0.3, -0.25) is 0 Å². The molecule has 1 aliphatic rings. The third-order valence-electron chi connectivity index (χ3n) is 3.88. The molecule has 1 fully saturated rings. The number of nitrogens with one attached hydrogen (secondary N) is 2. The molecule has 134 valence electrons. The molecule has 5 nitrogen and oxygen atoms in total. The molecule has 0 spiro atoms. The Morgan fingerprint density at radius 2 is 1.92 bits per heavy atom. The van der Waals surface area contributed by atoms with Gasteiger partial charge in [0.25, 0.3) is 0 Å². The van der Waals surface area contributed by atoms with Crippen molar-refractivity contribution in [3.8, 4) is 17.2 Å². The number of ether oxygens (including phenoxy) is 3. The van der Waals surface area contributed by atoms with Gasteiger partial charge in [-0.05, 0) is 55.2 Å². The van der Waals surface area contributed by atoms with Crippen LogP contribution in [0, 0.1) is 0 Å². The second kappa shape index (κ2) is 8.56. The maximum Gasteiger partial charge on any atom is 0.161 e. The quantitative estimate of drug-likeness (QED) is 0.701. The average Bonchev–Trinajstić information content (AvgIpc) is 3.15. The van der Waals surface area contributed by atoms with Crippen LogP contribution in [0.25, 0.3) is 0 Å². The Morgan fingerprint density at radius 1 is 1.08 bits per heavy atom. The first-order chi connectivity index (χ1) is 12.2. The Morgan fingerprint density at radius 3 is 2.64 bits per heavy atom. The number of halogens is 1. The summed E-state index contributed by atoms with van der Waals surface area (Å²) in [5, 5.41) is 3.90. The van der Waals surface area contributed by atoms with Gasteiger partial charge in [-0.1, -0.05) is 11.6 Å². The van der Waals surface area contributed by atoms with Crippen LogP contribution in [-0.2, 0) is 0 Å². The minimum absolute atomic E-state index is 0.172. The maximum absolute atomic E-state index is 6.25. The number of benzene rings is 2. The van der Waals surface area contributed by atoms with Crippen LogP contribution in [0.1, 0.15) is 6.42 Å². The maximum atomic E-state index is 6.25. The molecular weight excluding hydrogens is 360 g/mol. The Kier molecular flexibility index (Phi) is 6.18. The second-order valence-electron chi connectivity index (χ2n) is 5.60. The molecule has 1 saturated heterocycles. The average molecular weight is 381 g/mol. The fourth-order valence-electron chi connectivity index (χ4n) is 2.56. The van der Waals surface area contributed by atoms with Crippen LogP contribution in [-0.4, -0.2) is 33.4 Å². The van der Waals surface area contributed by atoms with Crippen molar-refractivity contribution in [3.63, 3.8) is 0 Å². The predicted octanol–water partition coefficient (Wildman–Crippen LogP) is 4.22. The van der Waals surface area contributed by atoms with Gasteiger partial charge in [-0.2, -0.15) is 0 Å². The first-order valence-corrected chi connectivity index (χ1v) is 9.21. The van der Waals surface area contributed by atoms with Gasteiger partial charge in [0.05, 0.1) is 19.2 Å². The third-order valence-corrected chi connectivity index (χ3v) is 5.02. The summed E-state index contributed by atoms with van der Waals surface area (Å²) in [5.41, 5.74) is 0.921. The highest BCUT2D eigenvalue weighted by atomic mass is 35.5. The molecule has 2 N–H and O–H groups in total. The van der Waals surface area contributed by atoms with Gasteiger partial charge in [0, 0.05) is 23.2 Å². The zero-order valence-corrected chi connectivity index (χ0v) is 15.7. The van der Waals surface area contributed by atoms with Crippen molar-refractivity contribution in [2.45, 2.75) is 17.4 Å². The summed E-state index contributed by atoms with van der Waals surface area (Å²) < 4.78 is 19.9. The predicted molar refractivity (Wildman–Crippen MR) is 102 cm³/mol. The first-order valence-electron chi connectivity index (χ1n) is 8.01. The minimum Gasteiger partial charge on any atom is -0.493 e. The largest absolute Gasteiger partial charge is 0.493 e. The summed E-state index contributed by atoms with van der Waals surface area (Å²) >= 11 is 7.74. The van der Waals surface area contributed by atoms with Crippen LogP contribution in [0.3, 0.4) is 0 Å². The van der Waals surface area contributed by atoms with Crippen molar-refractivity contribution in [2.24, 2.45) is 0 Å². The Labute approximate surface area is 157 Å². The molecule has 1 heterocycles. The highest BCUT2D eigenvalue weighted by molar-refractivity contribution is 8.00. The summed E-state index contributed by atoms with van der Waals surface area (Å²) in [4.78, 5) is 1.01. The van der Waals surface area contributed by atoms with Crippen LogP contribution in [0.15, 0.2) is 41.3 Å². The van der Waals surface area contributed by atoms with E-state index in [1.165, 1.54) is 11.9 Å². The molecule has 0 amide bonds. The first kappa shape index (κ1) is 18.0. The molecule has 0 radical (unpaired) electrons. The Bertz CT molecular complexity index is 723. The van der Waals surface area contributed by atoms with E-state index in [1.807, 2.05) is 36.4 Å². The zero-order valence-electron chi connectivity index (χ0n) is 14.2. The fourth-order valence-corrected chi connectivity index (χ4v) is 3.39. The highest BCUT2D eigenvalue weighted by Crippen LogP contribution is 2.34. The smallest absolute Gasteiger partial charge is 0.161 e. The van der Waals surface area contributed by atoms with Crippen LogP contribution in [0.5, 0.6) is 17.2 Å². The molecule has 0 bridgehead atoms. The highest BCUT2D eigenvalue weighted by Gasteiger charge is 2.17. The summed E-state index contributed by atoms with van der Waals surface area (Å²) in [6, 6.07) is 11.5. The van der Waals surface area contributed by atoms with Gasteiger partial charge in [0.2, 0.25) is 0 Å². The molecular formula is C18H21ClN2O3S. The molecule has 1 unspecified atom stereocenters. The van der Waals surface area contributed by atoms with Crippen molar-refractivity contribution in [1.29, 1.82) is 0 Å². The second-order valence-corrected chi connectivity index (χ2v) is 6.89. The number of hydrogen-bond donors (Lipinski definition) is 2. The van der Waals surface area contributed by atoms with Crippen molar-refractivity contribution in [2.75, 3.05) is 32.0 Å². The topological polar surface area (TPSA) is 51.8 Å². The van der Waals surface area contributed by atoms with E-state index < -0.39 is 0 Å². The van der Waals surface area contributed by atoms with E-state index in [-0.39, 0.29) is 6.10 Å². The van der Waals surface area contributed by atoms with E-state index in [4.69, 9.17) is 25.8 Å². The van der Waals surface area contributed by atoms with Gasteiger partial charge in [0.1, 0.15) is 11.9 Å². The van der Waals surface area contributed by atoms with Crippen LogP contribution < -0.4 is 24.2 Å². The van der Waals surface area contributed by atoms with Gasteiger partial charge in [-0.25, -0.2) is 0 Å². The van der Waals surface area contributed by atoms with Gasteiger partial charge >= 0.3 is 0 Å². The summed E-state index contributed by atoms with van der Waals surface area (Å²) in [6.07, 6.45) is 1.17. The van der Waals surface area contributed by atoms with E-state index in [0.29, 0.717) is 22.3 Å². The summed E-state index contributed by atoms with van der Waals surface area (Å²) in [6.45, 7) is 1.84. The van der Waals surface area contributed by atoms with E-state index in [0.717, 1.165) is 30.1 Å². The van der Waals surface area contributed by atoms with E-state index >= 15 is 0 Å². The molecule has 25 heavy (non-hydrogen) atoms. The molecule has 0 saturated carbocycles. The van der Waals surface area contributed by atoms with E-state index in [2.05, 4.69) is 10.0 Å². The van der Waals surface area contributed by atoms with Crippen LogP contribution in [0.2, 0.25) is 5.02 Å². The van der Waals surface area contributed by atoms with Crippen molar-refractivity contribution < 1.29 is 14.2 Å². The summed E-state index contributed by atoms with van der Waals surface area (Å²) in [5.74, 6) is 2.11. The van der Waals surface area contributed by atoms with Gasteiger partial charge in [0.15, 0.2) is 11.5 Å². The number of hydrogen-bond acceptors (Lipinski definition) is 6. The monoisotopic (exact) mass is 380 g/mol. The van der Waals surface area contributed by atoms with E-state index in [9.17, 15) is 0 Å². The SMILES string of the molecule is COc1ccc(SNc2ccc(Cl)c(OC3CCNC3)c2)cc1OC. The lowest BCUT2D eigenvalue weighted by atomic mass is 10.3. The fraction of sp³-hybridized carbons (Fsp3) is 0.333. The number of rotatable bonds is 7. The minimum atomic E-state index is 0.172. The molecule has 0 aliphatic carbocycles. The van der Waals surface area contributed by atoms with Crippen LogP contribution >= 0.6 is 23.5 Å². The molecule has 7 heteroatoms. The normalized spacial score (nSPS) is 16.5. The Balaban J connectivity index is 1.66. The van der Waals surface area contributed by atoms with Gasteiger partial charge in [-0.15, -0.1) is 0 Å². The molecule has 2 aromatic carbocycles. The summed E-state index contributed by atoms with van der Waals surface area (Å²) in [7, 11) is 3.25. The van der Waals surface area contributed by atoms with Gasteiger partial charge < -0.3 is 24.2 Å². The molecule has 0 aromatic heterocycles. The van der Waals surface area contributed by atoms with Crippen molar-refractivity contribution >= 4 is 29.2 Å². The lowest BCUT2D eigenvalue weighted by molar-refractivity contribution is 0.223. The number of anilines is 1. The van der Waals surface area contributed by atoms with Crippen molar-refractivity contribution in [1.82, 2.24) is 5.32 Å².